The van der Waals surface area contributed by atoms with Crippen molar-refractivity contribution in [3.8, 4) is 0 Å². The van der Waals surface area contributed by atoms with Crippen molar-refractivity contribution in [1.82, 2.24) is 15.5 Å². The van der Waals surface area contributed by atoms with E-state index in [0.717, 1.165) is 38.6 Å². The van der Waals surface area contributed by atoms with Crippen LogP contribution in [-0.2, 0) is 4.79 Å². The van der Waals surface area contributed by atoms with Gasteiger partial charge in [0.1, 0.15) is 0 Å². The van der Waals surface area contributed by atoms with Crippen LogP contribution in [0.3, 0.4) is 0 Å². The minimum atomic E-state index is 0.117. The second-order valence-electron chi connectivity index (χ2n) is 4.64. The fraction of sp³-hybridized carbons (Fsp3) is 0.833. The molecule has 0 aromatic heterocycles. The van der Waals surface area contributed by atoms with E-state index in [9.17, 15) is 4.79 Å². The van der Waals surface area contributed by atoms with Crippen LogP contribution in [0.2, 0.25) is 0 Å². The SMILES string of the molecule is CC1=NCCN1CCNCCC(=O)NC(C)C. The van der Waals surface area contributed by atoms with E-state index in [-0.39, 0.29) is 11.9 Å². The smallest absolute Gasteiger partial charge is 0.221 e. The molecule has 5 nitrogen and oxygen atoms in total. The minimum absolute atomic E-state index is 0.117. The molecular formula is C12H24N4O. The normalized spacial score (nSPS) is 15.3. The minimum Gasteiger partial charge on any atom is -0.357 e. The highest BCUT2D eigenvalue weighted by Crippen LogP contribution is 1.98. The second-order valence-corrected chi connectivity index (χ2v) is 4.64. The zero-order chi connectivity index (χ0) is 12.7. The Morgan fingerprint density at radius 2 is 2.24 bits per heavy atom. The summed E-state index contributed by atoms with van der Waals surface area (Å²) < 4.78 is 0. The van der Waals surface area contributed by atoms with Gasteiger partial charge in [-0.05, 0) is 20.8 Å². The number of carbonyl (C=O) groups excluding carboxylic acids is 1. The third-order valence-electron chi connectivity index (χ3n) is 2.71. The number of hydrogen-bond donors (Lipinski definition) is 2. The molecular weight excluding hydrogens is 216 g/mol. The van der Waals surface area contributed by atoms with Crippen molar-refractivity contribution in [2.75, 3.05) is 32.7 Å². The van der Waals surface area contributed by atoms with Gasteiger partial charge in [-0.25, -0.2) is 0 Å². The van der Waals surface area contributed by atoms with Crippen LogP contribution in [0.25, 0.3) is 0 Å². The third-order valence-corrected chi connectivity index (χ3v) is 2.71. The van der Waals surface area contributed by atoms with Gasteiger partial charge >= 0.3 is 0 Å². The number of rotatable bonds is 7. The van der Waals surface area contributed by atoms with E-state index in [0.29, 0.717) is 6.42 Å². The molecule has 0 radical (unpaired) electrons. The maximum atomic E-state index is 11.3. The molecule has 0 saturated heterocycles. The molecule has 0 fully saturated rings. The molecule has 98 valence electrons. The van der Waals surface area contributed by atoms with Gasteiger partial charge in [0.05, 0.1) is 12.4 Å². The van der Waals surface area contributed by atoms with E-state index in [4.69, 9.17) is 0 Å². The first-order valence-corrected chi connectivity index (χ1v) is 6.35. The maximum absolute atomic E-state index is 11.3. The predicted molar refractivity (Wildman–Crippen MR) is 70.3 cm³/mol. The van der Waals surface area contributed by atoms with Crippen molar-refractivity contribution in [2.45, 2.75) is 33.2 Å². The molecule has 0 saturated carbocycles. The lowest BCUT2D eigenvalue weighted by Crippen LogP contribution is -2.36. The standard InChI is InChI=1S/C12H24N4O/c1-10(2)15-12(17)4-5-13-6-8-16-9-7-14-11(16)3/h10,13H,4-9H2,1-3H3,(H,15,17). The van der Waals surface area contributed by atoms with E-state index in [1.165, 1.54) is 0 Å². The maximum Gasteiger partial charge on any atom is 0.221 e. The Hall–Kier alpha value is -1.10. The number of aliphatic imine (C=N–C) groups is 1. The molecule has 1 aliphatic rings. The lowest BCUT2D eigenvalue weighted by atomic mass is 10.3. The average molecular weight is 240 g/mol. The lowest BCUT2D eigenvalue weighted by molar-refractivity contribution is -0.121. The molecule has 1 heterocycles. The molecule has 0 aromatic rings. The van der Waals surface area contributed by atoms with Gasteiger partial charge in [0.2, 0.25) is 5.91 Å². The van der Waals surface area contributed by atoms with Gasteiger partial charge in [0.25, 0.3) is 0 Å². The summed E-state index contributed by atoms with van der Waals surface area (Å²) in [5.41, 5.74) is 0. The second kappa shape index (κ2) is 7.27. The van der Waals surface area contributed by atoms with E-state index in [1.807, 2.05) is 20.8 Å². The van der Waals surface area contributed by atoms with Gasteiger partial charge in [-0.2, -0.15) is 0 Å². The van der Waals surface area contributed by atoms with Crippen molar-refractivity contribution in [2.24, 2.45) is 4.99 Å². The number of amides is 1. The molecule has 1 rings (SSSR count). The molecule has 0 aromatic carbocycles. The van der Waals surface area contributed by atoms with Crippen LogP contribution in [0.15, 0.2) is 4.99 Å². The van der Waals surface area contributed by atoms with E-state index in [1.54, 1.807) is 0 Å². The fourth-order valence-corrected chi connectivity index (χ4v) is 1.80. The Morgan fingerprint density at radius 1 is 1.47 bits per heavy atom. The van der Waals surface area contributed by atoms with Gasteiger partial charge in [0.15, 0.2) is 0 Å². The van der Waals surface area contributed by atoms with Crippen LogP contribution in [0.5, 0.6) is 0 Å². The summed E-state index contributed by atoms with van der Waals surface area (Å²) in [5.74, 6) is 1.25. The molecule has 2 N–H and O–H groups in total. The first-order chi connectivity index (χ1) is 8.09. The van der Waals surface area contributed by atoms with Crippen molar-refractivity contribution < 1.29 is 4.79 Å². The zero-order valence-electron chi connectivity index (χ0n) is 11.1. The van der Waals surface area contributed by atoms with Crippen molar-refractivity contribution >= 4 is 11.7 Å². The largest absolute Gasteiger partial charge is 0.357 e. The number of nitrogens with zero attached hydrogens (tertiary/aromatic N) is 2. The topological polar surface area (TPSA) is 56.7 Å². The molecule has 1 amide bonds. The summed E-state index contributed by atoms with van der Waals surface area (Å²) in [6.07, 6.45) is 0.547. The first-order valence-electron chi connectivity index (χ1n) is 6.35. The van der Waals surface area contributed by atoms with Crippen LogP contribution < -0.4 is 10.6 Å². The number of hydrogen-bond acceptors (Lipinski definition) is 4. The number of amidine groups is 1. The quantitative estimate of drug-likeness (QED) is 0.626. The molecule has 0 unspecified atom stereocenters. The number of nitrogens with one attached hydrogen (secondary N) is 2. The average Bonchev–Trinajstić information content (AvgIpc) is 2.63. The van der Waals surface area contributed by atoms with Gasteiger partial charge < -0.3 is 15.5 Å². The van der Waals surface area contributed by atoms with E-state index >= 15 is 0 Å². The summed E-state index contributed by atoms with van der Waals surface area (Å²) in [6.45, 7) is 10.6. The fourth-order valence-electron chi connectivity index (χ4n) is 1.80. The van der Waals surface area contributed by atoms with Gasteiger partial charge in [-0.3, -0.25) is 9.79 Å². The molecule has 1 aliphatic heterocycles. The van der Waals surface area contributed by atoms with E-state index in [2.05, 4.69) is 20.5 Å². The Kier molecular flexibility index (Phi) is 5.97. The van der Waals surface area contributed by atoms with E-state index < -0.39 is 0 Å². The van der Waals surface area contributed by atoms with Crippen molar-refractivity contribution in [1.29, 1.82) is 0 Å². The predicted octanol–water partition coefficient (Wildman–Crippen LogP) is 0.225. The van der Waals surface area contributed by atoms with Gasteiger partial charge in [0, 0.05) is 38.6 Å². The summed E-state index contributed by atoms with van der Waals surface area (Å²) in [6, 6.07) is 0.228. The lowest BCUT2D eigenvalue weighted by Gasteiger charge is -2.18. The van der Waals surface area contributed by atoms with Gasteiger partial charge in [-0.1, -0.05) is 0 Å². The van der Waals surface area contributed by atoms with Crippen molar-refractivity contribution in [3.63, 3.8) is 0 Å². The summed E-state index contributed by atoms with van der Waals surface area (Å²) in [5, 5.41) is 6.15. The molecule has 0 spiro atoms. The van der Waals surface area contributed by atoms with Crippen LogP contribution in [0.1, 0.15) is 27.2 Å². The monoisotopic (exact) mass is 240 g/mol. The molecule has 0 aliphatic carbocycles. The molecule has 17 heavy (non-hydrogen) atoms. The van der Waals surface area contributed by atoms with Crippen LogP contribution >= 0.6 is 0 Å². The zero-order valence-corrected chi connectivity index (χ0v) is 11.1. The van der Waals surface area contributed by atoms with Crippen LogP contribution in [0.4, 0.5) is 0 Å². The van der Waals surface area contributed by atoms with Crippen molar-refractivity contribution in [3.05, 3.63) is 0 Å². The van der Waals surface area contributed by atoms with Gasteiger partial charge in [-0.15, -0.1) is 0 Å². The molecule has 0 bridgehead atoms. The highest BCUT2D eigenvalue weighted by molar-refractivity contribution is 5.81. The summed E-state index contributed by atoms with van der Waals surface area (Å²) in [7, 11) is 0. The molecule has 5 heteroatoms. The van der Waals surface area contributed by atoms with Crippen LogP contribution in [0, 0.1) is 0 Å². The Bertz CT molecular complexity index is 276. The van der Waals surface area contributed by atoms with Crippen LogP contribution in [-0.4, -0.2) is 55.4 Å². The summed E-state index contributed by atoms with van der Waals surface area (Å²) >= 11 is 0. The Morgan fingerprint density at radius 3 is 2.82 bits per heavy atom. The third kappa shape index (κ3) is 5.68. The number of carbonyl (C=O) groups is 1. The Labute approximate surface area is 104 Å². The Balaban J connectivity index is 1.98. The highest BCUT2D eigenvalue weighted by atomic mass is 16.1. The summed E-state index contributed by atoms with van der Waals surface area (Å²) in [4.78, 5) is 17.9. The molecule has 0 atom stereocenters. The highest BCUT2D eigenvalue weighted by Gasteiger charge is 2.11. The first kappa shape index (κ1) is 14.0.